The molecule has 1 rings (SSSR count). The first-order valence-corrected chi connectivity index (χ1v) is 6.65. The molecule has 118 valence electrons. The Morgan fingerprint density at radius 1 is 1.24 bits per heavy atom. The minimum atomic E-state index is -4.38. The van der Waals surface area contributed by atoms with Gasteiger partial charge in [-0.3, -0.25) is 4.79 Å². The summed E-state index contributed by atoms with van der Waals surface area (Å²) in [6.45, 7) is 3.63. The van der Waals surface area contributed by atoms with Crippen LogP contribution in [0, 0.1) is 0 Å². The molecule has 0 heterocycles. The average molecular weight is 303 g/mol. The second-order valence-electron chi connectivity index (χ2n) is 5.26. The number of esters is 1. The van der Waals surface area contributed by atoms with Gasteiger partial charge < -0.3 is 10.5 Å². The quantitative estimate of drug-likeness (QED) is 0.849. The van der Waals surface area contributed by atoms with Gasteiger partial charge >= 0.3 is 12.1 Å². The van der Waals surface area contributed by atoms with Gasteiger partial charge in [0.05, 0.1) is 19.1 Å². The Morgan fingerprint density at radius 3 is 2.10 bits per heavy atom. The number of halogens is 3. The molecule has 0 aromatic heterocycles. The number of benzene rings is 1. The number of alkyl halides is 3. The van der Waals surface area contributed by atoms with Crippen molar-refractivity contribution in [1.29, 1.82) is 0 Å². The van der Waals surface area contributed by atoms with Crippen molar-refractivity contribution >= 4 is 5.97 Å². The standard InChI is InChI=1S/C15H20F3NO2/c1-4-12(19)14(2,9-13(20)21-3)10-5-7-11(8-6-10)15(16,17)18/h5-8,12H,4,9,19H2,1-3H3. The van der Waals surface area contributed by atoms with Crippen molar-refractivity contribution < 1.29 is 22.7 Å². The van der Waals surface area contributed by atoms with Gasteiger partial charge in [0.1, 0.15) is 0 Å². The SMILES string of the molecule is CCC(N)C(C)(CC(=O)OC)c1ccc(C(F)(F)F)cc1. The van der Waals surface area contributed by atoms with Crippen LogP contribution in [0.3, 0.4) is 0 Å². The minimum Gasteiger partial charge on any atom is -0.469 e. The molecule has 1 aromatic carbocycles. The van der Waals surface area contributed by atoms with E-state index in [1.165, 1.54) is 19.2 Å². The van der Waals surface area contributed by atoms with Gasteiger partial charge in [0.2, 0.25) is 0 Å². The Balaban J connectivity index is 3.18. The van der Waals surface area contributed by atoms with Crippen LogP contribution in [0.2, 0.25) is 0 Å². The minimum absolute atomic E-state index is 0.0177. The molecule has 1 aromatic rings. The van der Waals surface area contributed by atoms with Gasteiger partial charge in [-0.1, -0.05) is 26.0 Å². The van der Waals surface area contributed by atoms with Crippen LogP contribution in [0.25, 0.3) is 0 Å². The predicted octanol–water partition coefficient (Wildman–Crippen LogP) is 3.26. The zero-order valence-corrected chi connectivity index (χ0v) is 12.3. The summed E-state index contributed by atoms with van der Waals surface area (Å²) in [6.07, 6.45) is -3.78. The normalized spacial score (nSPS) is 16.1. The predicted molar refractivity (Wildman–Crippen MR) is 73.7 cm³/mol. The second kappa shape index (κ2) is 6.47. The molecule has 21 heavy (non-hydrogen) atoms. The Morgan fingerprint density at radius 2 is 1.71 bits per heavy atom. The summed E-state index contributed by atoms with van der Waals surface area (Å²) >= 11 is 0. The lowest BCUT2D eigenvalue weighted by molar-refractivity contribution is -0.142. The largest absolute Gasteiger partial charge is 0.469 e. The van der Waals surface area contributed by atoms with Crippen LogP contribution in [-0.2, 0) is 21.1 Å². The first-order valence-electron chi connectivity index (χ1n) is 6.65. The number of carbonyl (C=O) groups is 1. The highest BCUT2D eigenvalue weighted by Crippen LogP contribution is 2.35. The Hall–Kier alpha value is -1.56. The Bertz CT molecular complexity index is 485. The zero-order chi connectivity index (χ0) is 16.3. The van der Waals surface area contributed by atoms with Crippen molar-refractivity contribution in [3.8, 4) is 0 Å². The van der Waals surface area contributed by atoms with E-state index in [9.17, 15) is 18.0 Å². The maximum absolute atomic E-state index is 12.6. The molecule has 0 spiro atoms. The number of rotatable bonds is 5. The van der Waals surface area contributed by atoms with E-state index in [1.54, 1.807) is 6.92 Å². The summed E-state index contributed by atoms with van der Waals surface area (Å²) in [6, 6.07) is 4.40. The van der Waals surface area contributed by atoms with Gasteiger partial charge in [0.25, 0.3) is 0 Å². The first-order chi connectivity index (χ1) is 9.65. The molecule has 0 radical (unpaired) electrons. The molecular weight excluding hydrogens is 283 g/mol. The highest BCUT2D eigenvalue weighted by atomic mass is 19.4. The molecule has 0 bridgehead atoms. The van der Waals surface area contributed by atoms with Crippen LogP contribution in [0.4, 0.5) is 13.2 Å². The summed E-state index contributed by atoms with van der Waals surface area (Å²) < 4.78 is 42.5. The summed E-state index contributed by atoms with van der Waals surface area (Å²) in [7, 11) is 1.27. The molecule has 3 nitrogen and oxygen atoms in total. The highest BCUT2D eigenvalue weighted by molar-refractivity contribution is 5.71. The van der Waals surface area contributed by atoms with Gasteiger partial charge in [-0.05, 0) is 24.1 Å². The van der Waals surface area contributed by atoms with E-state index < -0.39 is 23.1 Å². The van der Waals surface area contributed by atoms with Crippen LogP contribution >= 0.6 is 0 Å². The topological polar surface area (TPSA) is 52.3 Å². The third kappa shape index (κ3) is 3.97. The van der Waals surface area contributed by atoms with Gasteiger partial charge in [-0.15, -0.1) is 0 Å². The lowest BCUT2D eigenvalue weighted by atomic mass is 9.72. The fraction of sp³-hybridized carbons (Fsp3) is 0.533. The van der Waals surface area contributed by atoms with Gasteiger partial charge in [0.15, 0.2) is 0 Å². The van der Waals surface area contributed by atoms with Crippen molar-refractivity contribution in [1.82, 2.24) is 0 Å². The molecule has 0 aliphatic rings. The van der Waals surface area contributed by atoms with Crippen LogP contribution in [0.15, 0.2) is 24.3 Å². The number of methoxy groups -OCH3 is 1. The van der Waals surface area contributed by atoms with Crippen LogP contribution in [0.5, 0.6) is 0 Å². The summed E-state index contributed by atoms with van der Waals surface area (Å²) in [5.74, 6) is -0.443. The molecule has 6 heteroatoms. The maximum atomic E-state index is 12.6. The summed E-state index contributed by atoms with van der Waals surface area (Å²) in [5.41, 5.74) is 5.18. The number of nitrogens with two attached hydrogens (primary N) is 1. The maximum Gasteiger partial charge on any atom is 0.416 e. The van der Waals surface area contributed by atoms with Gasteiger partial charge in [0, 0.05) is 11.5 Å². The van der Waals surface area contributed by atoms with E-state index in [-0.39, 0.29) is 12.5 Å². The van der Waals surface area contributed by atoms with Crippen LogP contribution in [0.1, 0.15) is 37.8 Å². The molecule has 0 amide bonds. The fourth-order valence-corrected chi connectivity index (χ4v) is 2.31. The van der Waals surface area contributed by atoms with E-state index in [1.807, 2.05) is 6.92 Å². The van der Waals surface area contributed by atoms with Gasteiger partial charge in [-0.2, -0.15) is 13.2 Å². The van der Waals surface area contributed by atoms with Crippen molar-refractivity contribution in [2.75, 3.05) is 7.11 Å². The fourth-order valence-electron chi connectivity index (χ4n) is 2.31. The van der Waals surface area contributed by atoms with Crippen molar-refractivity contribution in [2.24, 2.45) is 5.73 Å². The zero-order valence-electron chi connectivity index (χ0n) is 12.3. The van der Waals surface area contributed by atoms with Crippen molar-refractivity contribution in [3.63, 3.8) is 0 Å². The van der Waals surface area contributed by atoms with E-state index in [0.29, 0.717) is 12.0 Å². The van der Waals surface area contributed by atoms with Crippen molar-refractivity contribution in [3.05, 3.63) is 35.4 Å². The Kier molecular flexibility index (Phi) is 5.39. The third-order valence-corrected chi connectivity index (χ3v) is 3.87. The summed E-state index contributed by atoms with van der Waals surface area (Å²) in [5, 5.41) is 0. The molecule has 2 atom stereocenters. The molecule has 0 aliphatic carbocycles. The number of carbonyl (C=O) groups excluding carboxylic acids is 1. The number of hydrogen-bond donors (Lipinski definition) is 1. The van der Waals surface area contributed by atoms with Crippen molar-refractivity contribution in [2.45, 2.75) is 44.3 Å². The van der Waals surface area contributed by atoms with E-state index in [4.69, 9.17) is 5.73 Å². The van der Waals surface area contributed by atoms with Crippen LogP contribution < -0.4 is 5.73 Å². The molecule has 2 N–H and O–H groups in total. The number of ether oxygens (including phenoxy) is 1. The molecule has 0 saturated heterocycles. The van der Waals surface area contributed by atoms with E-state index >= 15 is 0 Å². The summed E-state index contributed by atoms with van der Waals surface area (Å²) in [4.78, 5) is 11.6. The van der Waals surface area contributed by atoms with E-state index in [0.717, 1.165) is 12.1 Å². The molecule has 0 aliphatic heterocycles. The lowest BCUT2D eigenvalue weighted by Crippen LogP contribution is -2.44. The first kappa shape index (κ1) is 17.5. The van der Waals surface area contributed by atoms with Crippen LogP contribution in [-0.4, -0.2) is 19.1 Å². The smallest absolute Gasteiger partial charge is 0.416 e. The average Bonchev–Trinajstić information content (AvgIpc) is 2.45. The third-order valence-electron chi connectivity index (χ3n) is 3.87. The molecule has 2 unspecified atom stereocenters. The molecular formula is C15H20F3NO2. The molecule has 0 saturated carbocycles. The van der Waals surface area contributed by atoms with Gasteiger partial charge in [-0.25, -0.2) is 0 Å². The Labute approximate surface area is 122 Å². The van der Waals surface area contributed by atoms with E-state index in [2.05, 4.69) is 4.74 Å². The lowest BCUT2D eigenvalue weighted by Gasteiger charge is -2.35. The second-order valence-corrected chi connectivity index (χ2v) is 5.26. The monoisotopic (exact) mass is 303 g/mol. The number of hydrogen-bond acceptors (Lipinski definition) is 3. The highest BCUT2D eigenvalue weighted by Gasteiger charge is 2.37. The molecule has 0 fully saturated rings.